The van der Waals surface area contributed by atoms with Gasteiger partial charge in [0.15, 0.2) is 0 Å². The van der Waals surface area contributed by atoms with Gasteiger partial charge in [0.25, 0.3) is 0 Å². The van der Waals surface area contributed by atoms with E-state index in [2.05, 4.69) is 20.8 Å². The van der Waals surface area contributed by atoms with E-state index in [1.807, 2.05) is 0 Å². The Hall–Kier alpha value is -0.570. The van der Waals surface area contributed by atoms with Crippen LogP contribution in [-0.4, -0.2) is 22.8 Å². The summed E-state index contributed by atoms with van der Waals surface area (Å²) in [5, 5.41) is 9.11. The van der Waals surface area contributed by atoms with Gasteiger partial charge in [0.1, 0.15) is 0 Å². The summed E-state index contributed by atoms with van der Waals surface area (Å²) in [6.07, 6.45) is 13.9. The topological polar surface area (TPSA) is 46.5 Å². The maximum absolute atomic E-state index is 11.1. The summed E-state index contributed by atoms with van der Waals surface area (Å²) in [7, 11) is 0. The molecule has 152 valence electrons. The lowest BCUT2D eigenvalue weighted by atomic mass is 9.41. The molecule has 6 aliphatic rings. The molecule has 4 aliphatic carbocycles. The first-order valence-electron chi connectivity index (χ1n) is 11.7. The first kappa shape index (κ1) is 18.5. The minimum absolute atomic E-state index is 0.234. The Morgan fingerprint density at radius 2 is 1.85 bits per heavy atom. The van der Waals surface area contributed by atoms with Gasteiger partial charge in [0, 0.05) is 12.8 Å². The SMILES string of the molecule is C[C@H](CCC(=O)O)[C@H]1CC[C@H]2[C@@H]3CCC45CC(CC[C@]4(C)[C@H]3CC[C@]12C)O5. The summed E-state index contributed by atoms with van der Waals surface area (Å²) >= 11 is 0. The van der Waals surface area contributed by atoms with E-state index in [1.54, 1.807) is 0 Å². The Morgan fingerprint density at radius 3 is 2.59 bits per heavy atom. The standard InChI is InChI=1S/C24H38O3/c1-15(4-7-21(25)26)18-5-6-19-17-9-13-24-14-16(27-24)8-12-23(24,3)20(17)10-11-22(18,19)2/h15-20H,4-14H2,1-3H3,(H,25,26)/t15-,16?,17+,18-,19+,20+,22-,23-,24?/m1/s1. The summed E-state index contributed by atoms with van der Waals surface area (Å²) in [4.78, 5) is 11.1. The van der Waals surface area contributed by atoms with Crippen LogP contribution >= 0.6 is 0 Å². The Bertz CT molecular complexity index is 623. The molecular formula is C24H38O3. The highest BCUT2D eigenvalue weighted by atomic mass is 16.5. The molecule has 6 rings (SSSR count). The number of hydrogen-bond donors (Lipinski definition) is 1. The largest absolute Gasteiger partial charge is 0.481 e. The minimum Gasteiger partial charge on any atom is -0.481 e. The third-order valence-electron chi connectivity index (χ3n) is 10.7. The first-order chi connectivity index (χ1) is 12.8. The fourth-order valence-electron chi connectivity index (χ4n) is 9.27. The van der Waals surface area contributed by atoms with Crippen molar-refractivity contribution in [3.05, 3.63) is 0 Å². The molecule has 2 aliphatic heterocycles. The van der Waals surface area contributed by atoms with Gasteiger partial charge in [-0.1, -0.05) is 20.8 Å². The second-order valence-corrected chi connectivity index (χ2v) is 11.4. The predicted octanol–water partition coefficient (Wildman–Crippen LogP) is 5.67. The normalized spacial score (nSPS) is 54.3. The molecule has 3 nitrogen and oxygen atoms in total. The summed E-state index contributed by atoms with van der Waals surface area (Å²) < 4.78 is 6.51. The van der Waals surface area contributed by atoms with Gasteiger partial charge in [-0.3, -0.25) is 4.79 Å². The third kappa shape index (κ3) is 2.39. The molecule has 2 bridgehead atoms. The van der Waals surface area contributed by atoms with Crippen molar-refractivity contribution < 1.29 is 14.6 Å². The highest BCUT2D eigenvalue weighted by molar-refractivity contribution is 5.66. The van der Waals surface area contributed by atoms with Crippen molar-refractivity contribution in [2.75, 3.05) is 0 Å². The molecule has 0 aromatic carbocycles. The maximum atomic E-state index is 11.1. The van der Waals surface area contributed by atoms with Crippen molar-refractivity contribution in [3.63, 3.8) is 0 Å². The second kappa shape index (κ2) is 5.97. The van der Waals surface area contributed by atoms with Gasteiger partial charge < -0.3 is 9.84 Å². The Labute approximate surface area is 164 Å². The van der Waals surface area contributed by atoms with Crippen LogP contribution in [0.4, 0.5) is 0 Å². The maximum Gasteiger partial charge on any atom is 0.303 e. The van der Waals surface area contributed by atoms with Gasteiger partial charge in [0.05, 0.1) is 11.7 Å². The van der Waals surface area contributed by atoms with Crippen LogP contribution in [0.5, 0.6) is 0 Å². The molecule has 27 heavy (non-hydrogen) atoms. The zero-order valence-electron chi connectivity index (χ0n) is 17.5. The highest BCUT2D eigenvalue weighted by Gasteiger charge is 2.69. The van der Waals surface area contributed by atoms with Gasteiger partial charge in [-0.2, -0.15) is 0 Å². The van der Waals surface area contributed by atoms with Crippen molar-refractivity contribution in [2.24, 2.45) is 40.4 Å². The number of carboxylic acids is 1. The Morgan fingerprint density at radius 1 is 1.07 bits per heavy atom. The molecule has 0 amide bonds. The monoisotopic (exact) mass is 374 g/mol. The molecule has 3 heteroatoms. The number of ether oxygens (including phenoxy) is 1. The minimum atomic E-state index is -0.633. The van der Waals surface area contributed by atoms with Crippen molar-refractivity contribution in [2.45, 2.75) is 103 Å². The molecule has 4 saturated carbocycles. The molecular weight excluding hydrogens is 336 g/mol. The molecule has 0 aromatic heterocycles. The zero-order chi connectivity index (χ0) is 19.0. The van der Waals surface area contributed by atoms with Gasteiger partial charge in [0.2, 0.25) is 0 Å². The van der Waals surface area contributed by atoms with E-state index in [4.69, 9.17) is 9.84 Å². The highest BCUT2D eigenvalue weighted by Crippen LogP contribution is 2.72. The number of aliphatic carboxylic acids is 1. The van der Waals surface area contributed by atoms with Gasteiger partial charge in [-0.15, -0.1) is 0 Å². The molecule has 9 atom stereocenters. The lowest BCUT2D eigenvalue weighted by Gasteiger charge is -2.70. The summed E-state index contributed by atoms with van der Waals surface area (Å²) in [6, 6.07) is 0. The van der Waals surface area contributed by atoms with E-state index < -0.39 is 5.97 Å². The van der Waals surface area contributed by atoms with E-state index in [1.165, 1.54) is 57.8 Å². The van der Waals surface area contributed by atoms with E-state index >= 15 is 0 Å². The molecule has 0 aromatic rings. The molecule has 2 unspecified atom stereocenters. The fraction of sp³-hybridized carbons (Fsp3) is 0.958. The van der Waals surface area contributed by atoms with Crippen molar-refractivity contribution in [1.82, 2.24) is 0 Å². The molecule has 6 fully saturated rings. The number of rotatable bonds is 4. The average Bonchev–Trinajstić information content (AvgIpc) is 2.95. The summed E-state index contributed by atoms with van der Waals surface area (Å²) in [5.74, 6) is 3.24. The molecule has 0 radical (unpaired) electrons. The molecule has 2 saturated heterocycles. The Kier molecular flexibility index (Phi) is 4.08. The van der Waals surface area contributed by atoms with Crippen molar-refractivity contribution in [3.8, 4) is 0 Å². The van der Waals surface area contributed by atoms with Crippen LogP contribution < -0.4 is 0 Å². The van der Waals surface area contributed by atoms with Gasteiger partial charge in [-0.25, -0.2) is 0 Å². The van der Waals surface area contributed by atoms with Crippen molar-refractivity contribution >= 4 is 5.97 Å². The summed E-state index contributed by atoms with van der Waals surface area (Å²) in [5.41, 5.74) is 1.09. The number of fused-ring (bicyclic) bond motifs is 4. The van der Waals surface area contributed by atoms with Crippen LogP contribution in [0.2, 0.25) is 0 Å². The molecule has 2 heterocycles. The lowest BCUT2D eigenvalue weighted by molar-refractivity contribution is -0.336. The smallest absolute Gasteiger partial charge is 0.303 e. The van der Waals surface area contributed by atoms with E-state index in [-0.39, 0.29) is 5.60 Å². The fourth-order valence-corrected chi connectivity index (χ4v) is 9.27. The van der Waals surface area contributed by atoms with Gasteiger partial charge >= 0.3 is 5.97 Å². The van der Waals surface area contributed by atoms with Crippen LogP contribution in [0.25, 0.3) is 0 Å². The second-order valence-electron chi connectivity index (χ2n) is 11.4. The average molecular weight is 375 g/mol. The van der Waals surface area contributed by atoms with Gasteiger partial charge in [-0.05, 0) is 98.2 Å². The molecule has 1 spiro atoms. The third-order valence-corrected chi connectivity index (χ3v) is 10.7. The zero-order valence-corrected chi connectivity index (χ0v) is 17.5. The quantitative estimate of drug-likeness (QED) is 0.690. The lowest BCUT2D eigenvalue weighted by Crippen LogP contribution is -2.70. The van der Waals surface area contributed by atoms with E-state index in [9.17, 15) is 4.79 Å². The predicted molar refractivity (Wildman–Crippen MR) is 105 cm³/mol. The van der Waals surface area contributed by atoms with Crippen LogP contribution in [-0.2, 0) is 9.53 Å². The number of carboxylic acid groups (broad SMARTS) is 1. The van der Waals surface area contributed by atoms with Crippen LogP contribution in [0.3, 0.4) is 0 Å². The van der Waals surface area contributed by atoms with Crippen LogP contribution in [0, 0.1) is 40.4 Å². The number of hydrogen-bond acceptors (Lipinski definition) is 2. The first-order valence-corrected chi connectivity index (χ1v) is 11.7. The Balaban J connectivity index is 1.36. The number of carbonyl (C=O) groups is 1. The van der Waals surface area contributed by atoms with E-state index in [0.29, 0.717) is 29.3 Å². The van der Waals surface area contributed by atoms with E-state index in [0.717, 1.165) is 30.1 Å². The van der Waals surface area contributed by atoms with Crippen LogP contribution in [0.1, 0.15) is 91.4 Å². The summed E-state index contributed by atoms with van der Waals surface area (Å²) in [6.45, 7) is 7.49. The molecule has 1 N–H and O–H groups in total. The van der Waals surface area contributed by atoms with Crippen molar-refractivity contribution in [1.29, 1.82) is 0 Å². The van der Waals surface area contributed by atoms with Crippen LogP contribution in [0.15, 0.2) is 0 Å².